The summed E-state index contributed by atoms with van der Waals surface area (Å²) in [4.78, 5) is 11.3. The van der Waals surface area contributed by atoms with Crippen molar-refractivity contribution in [3.63, 3.8) is 0 Å². The molecule has 2 aromatic rings. The molecule has 0 atom stereocenters. The smallest absolute Gasteiger partial charge is 0.223 e. The minimum atomic E-state index is -0.331. The van der Waals surface area contributed by atoms with Gasteiger partial charge in [-0.15, -0.1) is 0 Å². The second-order valence-electron chi connectivity index (χ2n) is 5.96. The highest BCUT2D eigenvalue weighted by Crippen LogP contribution is 2.40. The third-order valence-corrected chi connectivity index (χ3v) is 5.56. The Morgan fingerprint density at radius 3 is 2.57 bits per heavy atom. The lowest BCUT2D eigenvalue weighted by Gasteiger charge is -2.35. The van der Waals surface area contributed by atoms with Crippen molar-refractivity contribution in [3.05, 3.63) is 47.3 Å². The van der Waals surface area contributed by atoms with Gasteiger partial charge >= 0.3 is 0 Å². The highest BCUT2D eigenvalue weighted by molar-refractivity contribution is 8.00. The van der Waals surface area contributed by atoms with E-state index in [4.69, 9.17) is 10.8 Å². The average Bonchev–Trinajstić information content (AvgIpc) is 2.80. The van der Waals surface area contributed by atoms with Crippen molar-refractivity contribution in [2.45, 2.75) is 25.7 Å². The maximum Gasteiger partial charge on any atom is 0.223 e. The van der Waals surface area contributed by atoms with E-state index in [1.807, 2.05) is 46.8 Å². The fraction of sp³-hybridized carbons (Fsp3) is 0.375. The SMILES string of the molecule is Cc1ccc(-n2nc(C3(C)CSC3)cc2CC(N)=O)cc1. The molecular formula is C16H19N3OS. The van der Waals surface area contributed by atoms with Crippen molar-refractivity contribution in [3.8, 4) is 5.69 Å². The quantitative estimate of drug-likeness (QED) is 0.942. The fourth-order valence-corrected chi connectivity index (χ4v) is 3.60. The average molecular weight is 301 g/mol. The number of hydrogen-bond acceptors (Lipinski definition) is 3. The minimum absolute atomic E-state index is 0.118. The molecule has 0 radical (unpaired) electrons. The maximum absolute atomic E-state index is 11.3. The Balaban J connectivity index is 2.04. The third-order valence-electron chi connectivity index (χ3n) is 3.88. The number of hydrogen-bond donors (Lipinski definition) is 1. The van der Waals surface area contributed by atoms with E-state index in [9.17, 15) is 4.79 Å². The van der Waals surface area contributed by atoms with Gasteiger partial charge < -0.3 is 5.73 Å². The maximum atomic E-state index is 11.3. The van der Waals surface area contributed by atoms with Gasteiger partial charge in [0.1, 0.15) is 0 Å². The summed E-state index contributed by atoms with van der Waals surface area (Å²) in [6.07, 6.45) is 0.212. The molecule has 0 bridgehead atoms. The summed E-state index contributed by atoms with van der Waals surface area (Å²) in [5.74, 6) is 1.82. The lowest BCUT2D eigenvalue weighted by Crippen LogP contribution is -2.37. The van der Waals surface area contributed by atoms with Gasteiger partial charge in [0.2, 0.25) is 5.91 Å². The topological polar surface area (TPSA) is 60.9 Å². The number of rotatable bonds is 4. The normalized spacial score (nSPS) is 16.5. The number of thioether (sulfide) groups is 1. The van der Waals surface area contributed by atoms with Gasteiger partial charge in [-0.25, -0.2) is 4.68 Å². The number of primary amides is 1. The van der Waals surface area contributed by atoms with E-state index in [0.29, 0.717) is 0 Å². The van der Waals surface area contributed by atoms with Crippen LogP contribution in [0.5, 0.6) is 0 Å². The van der Waals surface area contributed by atoms with Crippen LogP contribution in [0.2, 0.25) is 0 Å². The van der Waals surface area contributed by atoms with Gasteiger partial charge in [0, 0.05) is 16.9 Å². The van der Waals surface area contributed by atoms with Crippen LogP contribution < -0.4 is 5.73 Å². The van der Waals surface area contributed by atoms with Gasteiger partial charge in [-0.1, -0.05) is 24.6 Å². The van der Waals surface area contributed by atoms with Crippen molar-refractivity contribution >= 4 is 17.7 Å². The Bertz CT molecular complexity index is 671. The van der Waals surface area contributed by atoms with Crippen LogP contribution in [0.4, 0.5) is 0 Å². The van der Waals surface area contributed by atoms with Crippen LogP contribution in [0, 0.1) is 6.92 Å². The Morgan fingerprint density at radius 2 is 2.05 bits per heavy atom. The van der Waals surface area contributed by atoms with Gasteiger partial charge in [0.25, 0.3) is 0 Å². The van der Waals surface area contributed by atoms with E-state index < -0.39 is 0 Å². The first-order chi connectivity index (χ1) is 9.98. The summed E-state index contributed by atoms with van der Waals surface area (Å²) in [7, 11) is 0. The number of nitrogens with zero attached hydrogens (tertiary/aromatic N) is 2. The van der Waals surface area contributed by atoms with Crippen LogP contribution in [-0.2, 0) is 16.6 Å². The summed E-state index contributed by atoms with van der Waals surface area (Å²) in [5.41, 5.74) is 9.58. The molecular weight excluding hydrogens is 282 g/mol. The van der Waals surface area contributed by atoms with Crippen LogP contribution in [0.1, 0.15) is 23.9 Å². The lowest BCUT2D eigenvalue weighted by atomic mass is 9.90. The van der Waals surface area contributed by atoms with Crippen molar-refractivity contribution < 1.29 is 4.79 Å². The zero-order valence-electron chi connectivity index (χ0n) is 12.3. The first-order valence-corrected chi connectivity index (χ1v) is 8.16. The first kappa shape index (κ1) is 14.2. The highest BCUT2D eigenvalue weighted by atomic mass is 32.2. The van der Waals surface area contributed by atoms with E-state index >= 15 is 0 Å². The van der Waals surface area contributed by atoms with Crippen LogP contribution in [0.25, 0.3) is 5.69 Å². The molecule has 0 aliphatic carbocycles. The predicted molar refractivity (Wildman–Crippen MR) is 85.9 cm³/mol. The van der Waals surface area contributed by atoms with E-state index in [1.165, 1.54) is 5.56 Å². The number of aryl methyl sites for hydroxylation is 1. The molecule has 0 spiro atoms. The largest absolute Gasteiger partial charge is 0.369 e. The summed E-state index contributed by atoms with van der Waals surface area (Å²) in [6, 6.07) is 10.2. The molecule has 1 saturated heterocycles. The van der Waals surface area contributed by atoms with Crippen molar-refractivity contribution in [2.75, 3.05) is 11.5 Å². The predicted octanol–water partition coefficient (Wildman–Crippen LogP) is 2.21. The van der Waals surface area contributed by atoms with Gasteiger partial charge in [-0.05, 0) is 25.1 Å². The standard InChI is InChI=1S/C16H19N3OS/c1-11-3-5-12(6-4-11)19-13(8-15(17)20)7-14(18-19)16(2)9-21-10-16/h3-7H,8-10H2,1-2H3,(H2,17,20). The van der Waals surface area contributed by atoms with Crippen molar-refractivity contribution in [2.24, 2.45) is 5.73 Å². The highest BCUT2D eigenvalue weighted by Gasteiger charge is 2.37. The zero-order valence-corrected chi connectivity index (χ0v) is 13.1. The summed E-state index contributed by atoms with van der Waals surface area (Å²) < 4.78 is 1.85. The third kappa shape index (κ3) is 2.70. The minimum Gasteiger partial charge on any atom is -0.369 e. The lowest BCUT2D eigenvalue weighted by molar-refractivity contribution is -0.117. The molecule has 1 aliphatic heterocycles. The van der Waals surface area contributed by atoms with Crippen LogP contribution in [0.3, 0.4) is 0 Å². The van der Waals surface area contributed by atoms with E-state index in [-0.39, 0.29) is 17.7 Å². The second-order valence-corrected chi connectivity index (χ2v) is 6.95. The number of carbonyl (C=O) groups is 1. The van der Waals surface area contributed by atoms with E-state index in [2.05, 4.69) is 13.8 Å². The monoisotopic (exact) mass is 301 g/mol. The Kier molecular flexibility index (Phi) is 3.53. The Morgan fingerprint density at radius 1 is 1.38 bits per heavy atom. The molecule has 1 aromatic carbocycles. The zero-order chi connectivity index (χ0) is 15.0. The molecule has 2 heterocycles. The Labute approximate surface area is 128 Å². The van der Waals surface area contributed by atoms with Gasteiger partial charge in [0.15, 0.2) is 0 Å². The molecule has 1 aromatic heterocycles. The van der Waals surface area contributed by atoms with Crippen molar-refractivity contribution in [1.82, 2.24) is 9.78 Å². The molecule has 1 amide bonds. The summed E-state index contributed by atoms with van der Waals surface area (Å²) in [6.45, 7) is 4.27. The summed E-state index contributed by atoms with van der Waals surface area (Å²) in [5, 5.41) is 4.75. The van der Waals surface area contributed by atoms with Gasteiger partial charge in [-0.3, -0.25) is 4.79 Å². The molecule has 1 fully saturated rings. The molecule has 1 aliphatic rings. The van der Waals surface area contributed by atoms with Gasteiger partial charge in [0.05, 0.1) is 23.5 Å². The molecule has 110 valence electrons. The van der Waals surface area contributed by atoms with Crippen molar-refractivity contribution in [1.29, 1.82) is 0 Å². The van der Waals surface area contributed by atoms with Crippen LogP contribution in [0.15, 0.2) is 30.3 Å². The van der Waals surface area contributed by atoms with Crippen LogP contribution in [-0.4, -0.2) is 27.2 Å². The second kappa shape index (κ2) is 5.22. The molecule has 3 rings (SSSR count). The summed E-state index contributed by atoms with van der Waals surface area (Å²) >= 11 is 1.92. The number of amides is 1. The molecule has 21 heavy (non-hydrogen) atoms. The number of nitrogens with two attached hydrogens (primary N) is 1. The molecule has 5 heteroatoms. The van der Waals surface area contributed by atoms with E-state index in [0.717, 1.165) is 28.6 Å². The number of carbonyl (C=O) groups excluding carboxylic acids is 1. The molecule has 0 unspecified atom stereocenters. The Hall–Kier alpha value is -1.75. The number of benzene rings is 1. The molecule has 2 N–H and O–H groups in total. The fourth-order valence-electron chi connectivity index (χ4n) is 2.48. The molecule has 4 nitrogen and oxygen atoms in total. The first-order valence-electron chi connectivity index (χ1n) is 7.00. The molecule has 0 saturated carbocycles. The number of aromatic nitrogens is 2. The van der Waals surface area contributed by atoms with Crippen LogP contribution >= 0.6 is 11.8 Å². The van der Waals surface area contributed by atoms with Gasteiger partial charge in [-0.2, -0.15) is 16.9 Å². The van der Waals surface area contributed by atoms with E-state index in [1.54, 1.807) is 0 Å².